The molecule has 4 rings (SSSR count). The predicted octanol–water partition coefficient (Wildman–Crippen LogP) is 5.04. The molecule has 1 heterocycles. The molecule has 5 nitrogen and oxygen atoms in total. The highest BCUT2D eigenvalue weighted by atomic mass is 32.2. The summed E-state index contributed by atoms with van der Waals surface area (Å²) < 4.78 is 32.6. The summed E-state index contributed by atoms with van der Waals surface area (Å²) in [5, 5.41) is -0.725. The smallest absolute Gasteiger partial charge is 0.324 e. The standard InChI is InChI=1S/C28H31NO4S/c1-21(24-14-8-4-9-15-24)29-19-18-26(22(2)34(31,32)25-16-10-5-11-17-25)27(29)28(30)33-20-23-12-6-3-7-13-23/h3-17,21-22,26-27H,18-20H2,1-2H3/t21-,22?,26-,27-/m0/s1. The summed E-state index contributed by atoms with van der Waals surface area (Å²) in [6.07, 6.45) is 0.607. The topological polar surface area (TPSA) is 63.7 Å². The lowest BCUT2D eigenvalue weighted by molar-refractivity contribution is -0.152. The first-order valence-corrected chi connectivity index (χ1v) is 13.2. The molecule has 0 radical (unpaired) electrons. The summed E-state index contributed by atoms with van der Waals surface area (Å²) >= 11 is 0. The van der Waals surface area contributed by atoms with Crippen LogP contribution in [0.2, 0.25) is 0 Å². The minimum absolute atomic E-state index is 0.0490. The predicted molar refractivity (Wildman–Crippen MR) is 133 cm³/mol. The number of esters is 1. The van der Waals surface area contributed by atoms with Crippen molar-refractivity contribution in [3.63, 3.8) is 0 Å². The fourth-order valence-electron chi connectivity index (χ4n) is 4.87. The van der Waals surface area contributed by atoms with Crippen LogP contribution in [0, 0.1) is 5.92 Å². The number of hydrogen-bond donors (Lipinski definition) is 0. The lowest BCUT2D eigenvalue weighted by atomic mass is 9.96. The van der Waals surface area contributed by atoms with Gasteiger partial charge in [0.1, 0.15) is 12.6 Å². The van der Waals surface area contributed by atoms with E-state index in [4.69, 9.17) is 4.74 Å². The Bertz CT molecular complexity index is 1180. The lowest BCUT2D eigenvalue weighted by Gasteiger charge is -2.33. The number of ether oxygens (including phenoxy) is 1. The van der Waals surface area contributed by atoms with Crippen molar-refractivity contribution < 1.29 is 17.9 Å². The minimum atomic E-state index is -3.60. The average Bonchev–Trinajstić information content (AvgIpc) is 3.33. The van der Waals surface area contributed by atoms with Crippen LogP contribution in [0.15, 0.2) is 95.9 Å². The molecule has 1 fully saturated rings. The number of sulfone groups is 1. The van der Waals surface area contributed by atoms with E-state index in [0.717, 1.165) is 11.1 Å². The van der Waals surface area contributed by atoms with E-state index in [0.29, 0.717) is 13.0 Å². The number of likely N-dealkylation sites (tertiary alicyclic amines) is 1. The maximum absolute atomic E-state index is 13.5. The molecule has 34 heavy (non-hydrogen) atoms. The van der Waals surface area contributed by atoms with Crippen molar-refractivity contribution in [2.75, 3.05) is 6.54 Å². The van der Waals surface area contributed by atoms with E-state index < -0.39 is 21.1 Å². The summed E-state index contributed by atoms with van der Waals surface area (Å²) in [5.41, 5.74) is 1.99. The molecule has 0 N–H and O–H groups in total. The van der Waals surface area contributed by atoms with E-state index >= 15 is 0 Å². The average molecular weight is 478 g/mol. The Kier molecular flexibility index (Phi) is 7.49. The second kappa shape index (κ2) is 10.5. The Balaban J connectivity index is 1.62. The van der Waals surface area contributed by atoms with Crippen LogP contribution in [-0.2, 0) is 26.0 Å². The molecule has 1 aliphatic heterocycles. The molecule has 178 valence electrons. The van der Waals surface area contributed by atoms with Crippen LogP contribution < -0.4 is 0 Å². The Labute approximate surface area is 202 Å². The molecule has 4 atom stereocenters. The first-order chi connectivity index (χ1) is 16.4. The van der Waals surface area contributed by atoms with E-state index in [1.54, 1.807) is 37.3 Å². The van der Waals surface area contributed by atoms with Gasteiger partial charge in [-0.3, -0.25) is 9.69 Å². The third-order valence-electron chi connectivity index (χ3n) is 6.89. The molecule has 0 amide bonds. The molecule has 0 bridgehead atoms. The molecule has 6 heteroatoms. The summed E-state index contributed by atoms with van der Waals surface area (Å²) in [6.45, 7) is 4.57. The van der Waals surface area contributed by atoms with E-state index in [1.165, 1.54) is 0 Å². The van der Waals surface area contributed by atoms with Crippen LogP contribution in [-0.4, -0.2) is 37.1 Å². The Morgan fingerprint density at radius 1 is 0.912 bits per heavy atom. The maximum atomic E-state index is 13.5. The van der Waals surface area contributed by atoms with E-state index in [2.05, 4.69) is 11.8 Å². The van der Waals surface area contributed by atoms with Gasteiger partial charge in [-0.1, -0.05) is 78.9 Å². The molecule has 1 aliphatic rings. The Morgan fingerprint density at radius 3 is 2.09 bits per heavy atom. The second-order valence-electron chi connectivity index (χ2n) is 8.88. The van der Waals surface area contributed by atoms with Crippen LogP contribution in [0.5, 0.6) is 0 Å². The van der Waals surface area contributed by atoms with E-state index in [9.17, 15) is 13.2 Å². The number of hydrogen-bond acceptors (Lipinski definition) is 5. The van der Waals surface area contributed by atoms with Gasteiger partial charge in [0, 0.05) is 12.0 Å². The molecule has 0 saturated carbocycles. The zero-order chi connectivity index (χ0) is 24.1. The van der Waals surface area contributed by atoms with Crippen molar-refractivity contribution in [2.24, 2.45) is 5.92 Å². The zero-order valence-corrected chi connectivity index (χ0v) is 20.4. The molecule has 0 aromatic heterocycles. The Morgan fingerprint density at radius 2 is 1.47 bits per heavy atom. The molecule has 0 spiro atoms. The zero-order valence-electron chi connectivity index (χ0n) is 19.6. The third kappa shape index (κ3) is 5.08. The van der Waals surface area contributed by atoms with Gasteiger partial charge < -0.3 is 4.74 Å². The largest absolute Gasteiger partial charge is 0.460 e. The number of nitrogens with zero attached hydrogens (tertiary/aromatic N) is 1. The van der Waals surface area contributed by atoms with Gasteiger partial charge in [0.15, 0.2) is 9.84 Å². The minimum Gasteiger partial charge on any atom is -0.460 e. The van der Waals surface area contributed by atoms with Gasteiger partial charge in [0.05, 0.1) is 10.1 Å². The quantitative estimate of drug-likeness (QED) is 0.425. The van der Waals surface area contributed by atoms with Gasteiger partial charge in [0.2, 0.25) is 0 Å². The van der Waals surface area contributed by atoms with Crippen LogP contribution in [0.25, 0.3) is 0 Å². The third-order valence-corrected chi connectivity index (χ3v) is 9.15. The summed E-state index contributed by atoms with van der Waals surface area (Å²) in [4.78, 5) is 15.9. The molecule has 3 aromatic carbocycles. The Hall–Kier alpha value is -2.96. The SMILES string of the molecule is CC([C@@H]1CCN([C@@H](C)c2ccccc2)[C@@H]1C(=O)OCc1ccccc1)S(=O)(=O)c1ccccc1. The fourth-order valence-corrected chi connectivity index (χ4v) is 6.58. The van der Waals surface area contributed by atoms with Crippen LogP contribution in [0.1, 0.15) is 37.4 Å². The number of carbonyl (C=O) groups excluding carboxylic acids is 1. The van der Waals surface area contributed by atoms with Crippen LogP contribution >= 0.6 is 0 Å². The molecular formula is C28H31NO4S. The highest BCUT2D eigenvalue weighted by Gasteiger charge is 2.48. The lowest BCUT2D eigenvalue weighted by Crippen LogP contribution is -2.46. The van der Waals surface area contributed by atoms with Crippen molar-refractivity contribution in [1.82, 2.24) is 4.90 Å². The van der Waals surface area contributed by atoms with Crippen molar-refractivity contribution >= 4 is 15.8 Å². The normalized spacial score (nSPS) is 20.5. The molecular weight excluding hydrogens is 446 g/mol. The van der Waals surface area contributed by atoms with E-state index in [1.807, 2.05) is 60.7 Å². The van der Waals surface area contributed by atoms with Crippen LogP contribution in [0.3, 0.4) is 0 Å². The fraction of sp³-hybridized carbons (Fsp3) is 0.321. The number of carbonyl (C=O) groups is 1. The van der Waals surface area contributed by atoms with Crippen molar-refractivity contribution in [3.05, 3.63) is 102 Å². The maximum Gasteiger partial charge on any atom is 0.324 e. The van der Waals surface area contributed by atoms with Gasteiger partial charge in [-0.2, -0.15) is 0 Å². The van der Waals surface area contributed by atoms with Gasteiger partial charge in [-0.15, -0.1) is 0 Å². The first-order valence-electron chi connectivity index (χ1n) is 11.7. The summed E-state index contributed by atoms with van der Waals surface area (Å²) in [7, 11) is -3.60. The molecule has 0 aliphatic carbocycles. The van der Waals surface area contributed by atoms with E-state index in [-0.39, 0.29) is 29.4 Å². The van der Waals surface area contributed by atoms with Crippen molar-refractivity contribution in [2.45, 2.75) is 49.1 Å². The highest BCUT2D eigenvalue weighted by molar-refractivity contribution is 7.92. The van der Waals surface area contributed by atoms with Gasteiger partial charge in [0.25, 0.3) is 0 Å². The van der Waals surface area contributed by atoms with Crippen molar-refractivity contribution in [1.29, 1.82) is 0 Å². The number of rotatable bonds is 8. The van der Waals surface area contributed by atoms with Crippen LogP contribution in [0.4, 0.5) is 0 Å². The highest BCUT2D eigenvalue weighted by Crippen LogP contribution is 2.38. The second-order valence-corrected chi connectivity index (χ2v) is 11.2. The molecule has 1 saturated heterocycles. The summed E-state index contributed by atoms with van der Waals surface area (Å²) in [6, 6.07) is 27.3. The first kappa shape index (κ1) is 24.2. The van der Waals surface area contributed by atoms with Gasteiger partial charge >= 0.3 is 5.97 Å². The number of benzene rings is 3. The molecule has 3 aromatic rings. The van der Waals surface area contributed by atoms with Gasteiger partial charge in [-0.25, -0.2) is 8.42 Å². The monoisotopic (exact) mass is 477 g/mol. The summed E-state index contributed by atoms with van der Waals surface area (Å²) in [5.74, 6) is -0.746. The molecule has 1 unspecified atom stereocenters. The van der Waals surface area contributed by atoms with Gasteiger partial charge in [-0.05, 0) is 50.1 Å². The van der Waals surface area contributed by atoms with Crippen molar-refractivity contribution in [3.8, 4) is 0 Å².